The number of rotatable bonds is 4. The monoisotopic (exact) mass is 458 g/mol. The third kappa shape index (κ3) is 4.35. The van der Waals surface area contributed by atoms with Crippen LogP contribution < -0.4 is 10.9 Å². The van der Waals surface area contributed by atoms with E-state index in [4.69, 9.17) is 0 Å². The second-order valence-corrected chi connectivity index (χ2v) is 10.7. The molecule has 0 atom stereocenters. The summed E-state index contributed by atoms with van der Waals surface area (Å²) in [6, 6.07) is 9.89. The third-order valence-electron chi connectivity index (χ3n) is 5.72. The Morgan fingerprint density at radius 1 is 1.13 bits per heavy atom. The number of benzene rings is 1. The minimum atomic E-state index is -3.80. The summed E-state index contributed by atoms with van der Waals surface area (Å²) >= 11 is 1.46. The van der Waals surface area contributed by atoms with E-state index in [0.29, 0.717) is 17.7 Å². The van der Waals surface area contributed by atoms with Gasteiger partial charge < -0.3 is 0 Å². The lowest BCUT2D eigenvalue weighted by atomic mass is 9.98. The van der Waals surface area contributed by atoms with Crippen molar-refractivity contribution in [3.8, 4) is 6.07 Å². The lowest BCUT2D eigenvalue weighted by Gasteiger charge is -2.30. The molecule has 1 aliphatic heterocycles. The number of carbonyl (C=O) groups is 2. The standard InChI is InChI=1S/C21H22N4O4S2/c22-13-16-4-1-2-7-19(16)31(28,29)25-10-8-14(9-11-25)20(26)23-24-21(27)18-12-15-5-3-6-17(15)30-18/h1-2,4,7,12,14H,3,5-6,8-11H2,(H,23,26)(H,24,27). The lowest BCUT2D eigenvalue weighted by molar-refractivity contribution is -0.126. The average molecular weight is 459 g/mol. The van der Waals surface area contributed by atoms with E-state index in [0.717, 1.165) is 19.3 Å². The number of sulfonamides is 1. The number of nitrogens with one attached hydrogen (secondary N) is 2. The number of hydrogen-bond acceptors (Lipinski definition) is 6. The van der Waals surface area contributed by atoms with Crippen LogP contribution in [0.5, 0.6) is 0 Å². The van der Waals surface area contributed by atoms with Crippen molar-refractivity contribution in [1.29, 1.82) is 5.26 Å². The highest BCUT2D eigenvalue weighted by molar-refractivity contribution is 7.89. The fourth-order valence-electron chi connectivity index (χ4n) is 4.00. The summed E-state index contributed by atoms with van der Waals surface area (Å²) < 4.78 is 27.1. The van der Waals surface area contributed by atoms with Crippen molar-refractivity contribution in [2.45, 2.75) is 37.0 Å². The Hall–Kier alpha value is -2.74. The highest BCUT2D eigenvalue weighted by Gasteiger charge is 2.33. The normalized spacial score (nSPS) is 17.0. The molecule has 2 N–H and O–H groups in total. The van der Waals surface area contributed by atoms with Gasteiger partial charge in [0.2, 0.25) is 15.9 Å². The molecule has 0 radical (unpaired) electrons. The number of piperidine rings is 1. The lowest BCUT2D eigenvalue weighted by Crippen LogP contribution is -2.48. The Kier molecular flexibility index (Phi) is 6.09. The Bertz CT molecular complexity index is 1140. The number of thiophene rings is 1. The molecule has 0 unspecified atom stereocenters. The molecule has 1 aromatic heterocycles. The molecule has 162 valence electrons. The fraction of sp³-hybridized carbons (Fsp3) is 0.381. The molecule has 0 spiro atoms. The van der Waals surface area contributed by atoms with Crippen molar-refractivity contribution in [3.05, 3.63) is 51.2 Å². The molecule has 0 saturated carbocycles. The highest BCUT2D eigenvalue weighted by atomic mass is 32.2. The van der Waals surface area contributed by atoms with E-state index in [9.17, 15) is 23.3 Å². The minimum absolute atomic E-state index is 0.0180. The minimum Gasteiger partial charge on any atom is -0.273 e. The molecule has 2 aliphatic rings. The Morgan fingerprint density at radius 2 is 1.87 bits per heavy atom. The molecule has 10 heteroatoms. The number of nitrogens with zero attached hydrogens (tertiary/aromatic N) is 2. The van der Waals surface area contributed by atoms with Crippen LogP contribution in [0.1, 0.15) is 44.9 Å². The maximum Gasteiger partial charge on any atom is 0.279 e. The van der Waals surface area contributed by atoms with Crippen LogP contribution in [0.3, 0.4) is 0 Å². The fourth-order valence-corrected chi connectivity index (χ4v) is 6.77. The van der Waals surface area contributed by atoms with E-state index < -0.39 is 15.9 Å². The van der Waals surface area contributed by atoms with Crippen LogP contribution in [0.15, 0.2) is 35.2 Å². The van der Waals surface area contributed by atoms with Crippen LogP contribution in [0.2, 0.25) is 0 Å². The van der Waals surface area contributed by atoms with Gasteiger partial charge in [0.15, 0.2) is 0 Å². The van der Waals surface area contributed by atoms with Crippen LogP contribution in [0.25, 0.3) is 0 Å². The number of carbonyl (C=O) groups excluding carboxylic acids is 2. The summed E-state index contributed by atoms with van der Waals surface area (Å²) in [7, 11) is -3.80. The van der Waals surface area contributed by atoms with Gasteiger partial charge in [-0.05, 0) is 55.9 Å². The zero-order valence-electron chi connectivity index (χ0n) is 16.8. The molecular formula is C21H22N4O4S2. The van der Waals surface area contributed by atoms with E-state index in [-0.39, 0.29) is 35.4 Å². The molecule has 0 bridgehead atoms. The maximum atomic E-state index is 12.9. The van der Waals surface area contributed by atoms with Gasteiger partial charge >= 0.3 is 0 Å². The van der Waals surface area contributed by atoms with Crippen LogP contribution in [0, 0.1) is 17.2 Å². The van der Waals surface area contributed by atoms with E-state index in [1.54, 1.807) is 12.1 Å². The molecule has 2 aromatic rings. The Balaban J connectivity index is 1.31. The smallest absolute Gasteiger partial charge is 0.273 e. The summed E-state index contributed by atoms with van der Waals surface area (Å²) in [4.78, 5) is 26.6. The van der Waals surface area contributed by atoms with Gasteiger partial charge in [-0.3, -0.25) is 20.4 Å². The number of aryl methyl sites for hydroxylation is 2. The van der Waals surface area contributed by atoms with Gasteiger partial charge in [0.25, 0.3) is 5.91 Å². The average Bonchev–Trinajstić information content (AvgIpc) is 3.40. The van der Waals surface area contributed by atoms with E-state index in [1.807, 2.05) is 12.1 Å². The van der Waals surface area contributed by atoms with E-state index >= 15 is 0 Å². The molecule has 8 nitrogen and oxygen atoms in total. The first-order chi connectivity index (χ1) is 14.9. The van der Waals surface area contributed by atoms with Gasteiger partial charge in [-0.1, -0.05) is 12.1 Å². The summed E-state index contributed by atoms with van der Waals surface area (Å²) in [6.45, 7) is 0.345. The van der Waals surface area contributed by atoms with E-state index in [1.165, 1.54) is 38.2 Å². The number of hydrogen-bond donors (Lipinski definition) is 2. The zero-order valence-corrected chi connectivity index (χ0v) is 18.4. The van der Waals surface area contributed by atoms with Crippen molar-refractivity contribution < 1.29 is 18.0 Å². The Morgan fingerprint density at radius 3 is 2.58 bits per heavy atom. The SMILES string of the molecule is N#Cc1ccccc1S(=O)(=O)N1CCC(C(=O)NNC(=O)c2cc3c(s2)CCC3)CC1. The van der Waals surface area contributed by atoms with Crippen LogP contribution in [-0.2, 0) is 27.7 Å². The maximum absolute atomic E-state index is 12.9. The van der Waals surface area contributed by atoms with Crippen molar-refractivity contribution in [3.63, 3.8) is 0 Å². The van der Waals surface area contributed by atoms with Crippen molar-refractivity contribution >= 4 is 33.2 Å². The van der Waals surface area contributed by atoms with Crippen LogP contribution in [-0.4, -0.2) is 37.6 Å². The second-order valence-electron chi connectivity index (χ2n) is 7.64. The first kappa shape index (κ1) is 21.5. The summed E-state index contributed by atoms with van der Waals surface area (Å²) in [5, 5.41) is 9.20. The molecule has 4 rings (SSSR count). The molecule has 31 heavy (non-hydrogen) atoms. The Labute approximate surface area is 184 Å². The summed E-state index contributed by atoms with van der Waals surface area (Å²) in [5.41, 5.74) is 6.26. The molecule has 1 saturated heterocycles. The third-order valence-corrected chi connectivity index (χ3v) is 8.91. The summed E-state index contributed by atoms with van der Waals surface area (Å²) in [5.74, 6) is -1.06. The first-order valence-corrected chi connectivity index (χ1v) is 12.4. The molecule has 2 heterocycles. The number of nitriles is 1. The van der Waals surface area contributed by atoms with Crippen molar-refractivity contribution in [2.24, 2.45) is 5.92 Å². The highest BCUT2D eigenvalue weighted by Crippen LogP contribution is 2.30. The molecule has 1 aromatic carbocycles. The number of hydrazine groups is 1. The topological polar surface area (TPSA) is 119 Å². The van der Waals surface area contributed by atoms with Gasteiger partial charge in [-0.2, -0.15) is 9.57 Å². The second kappa shape index (κ2) is 8.78. The van der Waals surface area contributed by atoms with E-state index in [2.05, 4.69) is 10.9 Å². The van der Waals surface area contributed by atoms with Gasteiger partial charge in [0, 0.05) is 23.9 Å². The molecule has 1 fully saturated rings. The largest absolute Gasteiger partial charge is 0.279 e. The molecular weight excluding hydrogens is 436 g/mol. The zero-order chi connectivity index (χ0) is 22.0. The summed E-state index contributed by atoms with van der Waals surface area (Å²) in [6.07, 6.45) is 3.79. The number of amides is 2. The quantitative estimate of drug-likeness (QED) is 0.679. The van der Waals surface area contributed by atoms with Crippen LogP contribution >= 0.6 is 11.3 Å². The predicted octanol–water partition coefficient (Wildman–Crippen LogP) is 1.97. The van der Waals surface area contributed by atoms with Crippen LogP contribution in [0.4, 0.5) is 0 Å². The first-order valence-electron chi connectivity index (χ1n) is 10.1. The van der Waals surface area contributed by atoms with Crippen molar-refractivity contribution in [2.75, 3.05) is 13.1 Å². The van der Waals surface area contributed by atoms with Gasteiger partial charge in [0.05, 0.1) is 15.3 Å². The van der Waals surface area contributed by atoms with Crippen molar-refractivity contribution in [1.82, 2.24) is 15.2 Å². The molecule has 2 amide bonds. The molecule has 1 aliphatic carbocycles. The predicted molar refractivity (Wildman–Crippen MR) is 115 cm³/mol. The van der Waals surface area contributed by atoms with Gasteiger partial charge in [-0.15, -0.1) is 11.3 Å². The van der Waals surface area contributed by atoms with Gasteiger partial charge in [-0.25, -0.2) is 8.42 Å². The number of fused-ring (bicyclic) bond motifs is 1. The van der Waals surface area contributed by atoms with Gasteiger partial charge in [0.1, 0.15) is 6.07 Å².